The SMILES string of the molecule is O=C(C1CCOCC1)N1CCCN(C2CCSC2)CC1. The Kier molecular flexibility index (Phi) is 5.24. The van der Waals surface area contributed by atoms with Crippen LogP contribution in [0.5, 0.6) is 0 Å². The standard InChI is InChI=1S/C15H26N2O2S/c18-15(13-2-9-19-10-3-13)17-6-1-5-16(7-8-17)14-4-11-20-12-14/h13-14H,1-12H2. The number of ether oxygens (including phenoxy) is 1. The minimum absolute atomic E-state index is 0.220. The Labute approximate surface area is 126 Å². The maximum atomic E-state index is 12.6. The molecule has 0 spiro atoms. The minimum atomic E-state index is 0.220. The Morgan fingerprint density at radius 3 is 2.65 bits per heavy atom. The van der Waals surface area contributed by atoms with E-state index in [-0.39, 0.29) is 5.92 Å². The van der Waals surface area contributed by atoms with Crippen molar-refractivity contribution in [3.8, 4) is 0 Å². The Hall–Kier alpha value is -0.260. The van der Waals surface area contributed by atoms with Gasteiger partial charge in [0.1, 0.15) is 0 Å². The van der Waals surface area contributed by atoms with Crippen LogP contribution in [-0.2, 0) is 9.53 Å². The molecule has 4 nitrogen and oxygen atoms in total. The van der Waals surface area contributed by atoms with Gasteiger partial charge >= 0.3 is 0 Å². The van der Waals surface area contributed by atoms with Gasteiger partial charge in [-0.2, -0.15) is 11.8 Å². The van der Waals surface area contributed by atoms with Crippen LogP contribution >= 0.6 is 11.8 Å². The number of amides is 1. The van der Waals surface area contributed by atoms with Gasteiger partial charge in [-0.25, -0.2) is 0 Å². The number of carbonyl (C=O) groups is 1. The van der Waals surface area contributed by atoms with Gasteiger partial charge in [-0.1, -0.05) is 0 Å². The van der Waals surface area contributed by atoms with Crippen molar-refractivity contribution < 1.29 is 9.53 Å². The average Bonchev–Trinajstić information content (AvgIpc) is 2.92. The molecule has 1 unspecified atom stereocenters. The number of hydrogen-bond donors (Lipinski definition) is 0. The van der Waals surface area contributed by atoms with Crippen molar-refractivity contribution in [3.63, 3.8) is 0 Å². The molecule has 20 heavy (non-hydrogen) atoms. The molecule has 0 aromatic carbocycles. The molecule has 0 saturated carbocycles. The maximum absolute atomic E-state index is 12.6. The number of nitrogens with zero attached hydrogens (tertiary/aromatic N) is 2. The number of thioether (sulfide) groups is 1. The van der Waals surface area contributed by atoms with Crippen molar-refractivity contribution in [2.24, 2.45) is 5.92 Å². The molecule has 114 valence electrons. The maximum Gasteiger partial charge on any atom is 0.225 e. The lowest BCUT2D eigenvalue weighted by atomic mass is 9.98. The summed E-state index contributed by atoms with van der Waals surface area (Å²) in [6.07, 6.45) is 4.30. The Morgan fingerprint density at radius 1 is 1.05 bits per heavy atom. The predicted octanol–water partition coefficient (Wildman–Crippen LogP) is 1.45. The highest BCUT2D eigenvalue weighted by molar-refractivity contribution is 7.99. The first-order chi connectivity index (χ1) is 9.84. The summed E-state index contributed by atoms with van der Waals surface area (Å²) >= 11 is 2.08. The molecule has 0 aromatic rings. The summed E-state index contributed by atoms with van der Waals surface area (Å²) in [6, 6.07) is 0.762. The van der Waals surface area contributed by atoms with Gasteiger partial charge in [-0.15, -0.1) is 0 Å². The zero-order chi connectivity index (χ0) is 13.8. The molecular weight excluding hydrogens is 272 g/mol. The van der Waals surface area contributed by atoms with E-state index in [2.05, 4.69) is 21.6 Å². The van der Waals surface area contributed by atoms with Crippen LogP contribution in [0.1, 0.15) is 25.7 Å². The quantitative estimate of drug-likeness (QED) is 0.772. The first-order valence-electron chi connectivity index (χ1n) is 8.03. The van der Waals surface area contributed by atoms with Crippen molar-refractivity contribution in [1.29, 1.82) is 0 Å². The molecule has 1 amide bonds. The summed E-state index contributed by atoms with van der Waals surface area (Å²) in [4.78, 5) is 17.3. The van der Waals surface area contributed by atoms with Gasteiger partial charge in [-0.3, -0.25) is 9.69 Å². The van der Waals surface area contributed by atoms with Crippen LogP contribution in [0.3, 0.4) is 0 Å². The van der Waals surface area contributed by atoms with Crippen molar-refractivity contribution in [3.05, 3.63) is 0 Å². The summed E-state index contributed by atoms with van der Waals surface area (Å²) in [5.41, 5.74) is 0. The van der Waals surface area contributed by atoms with Crippen LogP contribution in [0, 0.1) is 5.92 Å². The second-order valence-corrected chi connectivity index (χ2v) is 7.27. The molecule has 3 rings (SSSR count). The zero-order valence-corrected chi connectivity index (χ0v) is 13.1. The van der Waals surface area contributed by atoms with Crippen LogP contribution < -0.4 is 0 Å². The van der Waals surface area contributed by atoms with E-state index in [1.807, 2.05) is 0 Å². The molecule has 0 N–H and O–H groups in total. The van der Waals surface area contributed by atoms with Crippen molar-refractivity contribution >= 4 is 17.7 Å². The first-order valence-corrected chi connectivity index (χ1v) is 9.18. The lowest BCUT2D eigenvalue weighted by Gasteiger charge is -2.29. The van der Waals surface area contributed by atoms with E-state index in [0.29, 0.717) is 5.91 Å². The van der Waals surface area contributed by atoms with E-state index in [1.165, 1.54) is 24.5 Å². The molecule has 5 heteroatoms. The Morgan fingerprint density at radius 2 is 1.90 bits per heavy atom. The van der Waals surface area contributed by atoms with Gasteiger partial charge in [0, 0.05) is 57.1 Å². The normalized spacial score (nSPS) is 30.4. The second-order valence-electron chi connectivity index (χ2n) is 6.12. The average molecular weight is 298 g/mol. The second kappa shape index (κ2) is 7.14. The molecule has 0 radical (unpaired) electrons. The van der Waals surface area contributed by atoms with Crippen LogP contribution in [0.2, 0.25) is 0 Å². The Bertz CT molecular complexity index is 328. The van der Waals surface area contributed by atoms with Gasteiger partial charge in [0.15, 0.2) is 0 Å². The van der Waals surface area contributed by atoms with E-state index in [9.17, 15) is 4.79 Å². The highest BCUT2D eigenvalue weighted by Crippen LogP contribution is 2.24. The minimum Gasteiger partial charge on any atom is -0.381 e. The van der Waals surface area contributed by atoms with Crippen molar-refractivity contribution in [2.75, 3.05) is 50.9 Å². The fourth-order valence-corrected chi connectivity index (χ4v) is 4.79. The van der Waals surface area contributed by atoms with Crippen molar-refractivity contribution in [2.45, 2.75) is 31.7 Å². The summed E-state index contributed by atoms with van der Waals surface area (Å²) < 4.78 is 5.37. The van der Waals surface area contributed by atoms with E-state index in [0.717, 1.165) is 58.2 Å². The van der Waals surface area contributed by atoms with Gasteiger partial charge in [0.2, 0.25) is 5.91 Å². The van der Waals surface area contributed by atoms with Crippen LogP contribution in [0.15, 0.2) is 0 Å². The van der Waals surface area contributed by atoms with Crippen molar-refractivity contribution in [1.82, 2.24) is 9.80 Å². The summed E-state index contributed by atoms with van der Waals surface area (Å²) in [6.45, 7) is 5.64. The molecule has 0 bridgehead atoms. The third-order valence-corrected chi connectivity index (χ3v) is 5.98. The van der Waals surface area contributed by atoms with Gasteiger partial charge < -0.3 is 9.64 Å². The number of carbonyl (C=O) groups excluding carboxylic acids is 1. The summed E-state index contributed by atoms with van der Waals surface area (Å²) in [7, 11) is 0. The Balaban J connectivity index is 1.52. The first kappa shape index (κ1) is 14.7. The van der Waals surface area contributed by atoms with E-state index >= 15 is 0 Å². The monoisotopic (exact) mass is 298 g/mol. The molecule has 0 aromatic heterocycles. The number of rotatable bonds is 2. The summed E-state index contributed by atoms with van der Waals surface area (Å²) in [5, 5.41) is 0. The van der Waals surface area contributed by atoms with Crippen LogP contribution in [0.4, 0.5) is 0 Å². The molecule has 0 aliphatic carbocycles. The lowest BCUT2D eigenvalue weighted by Crippen LogP contribution is -2.42. The number of hydrogen-bond acceptors (Lipinski definition) is 4. The van der Waals surface area contributed by atoms with E-state index in [1.54, 1.807) is 0 Å². The molecule has 3 aliphatic rings. The smallest absolute Gasteiger partial charge is 0.225 e. The van der Waals surface area contributed by atoms with Gasteiger partial charge in [0.25, 0.3) is 0 Å². The van der Waals surface area contributed by atoms with Gasteiger partial charge in [-0.05, 0) is 31.4 Å². The van der Waals surface area contributed by atoms with E-state index in [4.69, 9.17) is 4.74 Å². The highest BCUT2D eigenvalue weighted by atomic mass is 32.2. The fraction of sp³-hybridized carbons (Fsp3) is 0.933. The third-order valence-electron chi connectivity index (χ3n) is 4.83. The molecule has 3 saturated heterocycles. The topological polar surface area (TPSA) is 32.8 Å². The van der Waals surface area contributed by atoms with E-state index < -0.39 is 0 Å². The molecular formula is C15H26N2O2S. The highest BCUT2D eigenvalue weighted by Gasteiger charge is 2.30. The molecule has 1 atom stereocenters. The summed E-state index contributed by atoms with van der Waals surface area (Å²) in [5.74, 6) is 3.20. The molecule has 3 aliphatic heterocycles. The third kappa shape index (κ3) is 3.49. The molecule has 3 heterocycles. The largest absolute Gasteiger partial charge is 0.381 e. The van der Waals surface area contributed by atoms with Crippen LogP contribution in [0.25, 0.3) is 0 Å². The molecule has 3 fully saturated rings. The van der Waals surface area contributed by atoms with Crippen LogP contribution in [-0.4, -0.2) is 72.6 Å². The van der Waals surface area contributed by atoms with Gasteiger partial charge in [0.05, 0.1) is 0 Å². The zero-order valence-electron chi connectivity index (χ0n) is 12.3. The predicted molar refractivity (Wildman–Crippen MR) is 82.0 cm³/mol. The lowest BCUT2D eigenvalue weighted by molar-refractivity contribution is -0.138. The fourth-order valence-electron chi connectivity index (χ4n) is 3.54.